The zero-order chi connectivity index (χ0) is 85.8. The number of halogens is 1. The van der Waals surface area contributed by atoms with Crippen molar-refractivity contribution in [1.82, 2.24) is 62.7 Å². The number of aryl methyl sites for hydroxylation is 6. The van der Waals surface area contributed by atoms with E-state index in [2.05, 4.69) is 39.9 Å². The summed E-state index contributed by atoms with van der Waals surface area (Å²) in [6, 6.07) is 67.0. The Kier molecular flexibility index (Phi) is 20.5. The Labute approximate surface area is 696 Å². The van der Waals surface area contributed by atoms with Crippen LogP contribution in [0.2, 0.25) is 0 Å². The number of anilines is 2. The number of hydrogen-bond acceptors (Lipinski definition) is 18. The monoisotopic (exact) mass is 1620 g/mol. The van der Waals surface area contributed by atoms with Crippen LogP contribution in [0, 0.1) is 67.6 Å². The molecule has 12 heterocycles. The fourth-order valence-electron chi connectivity index (χ4n) is 15.1. The molecule has 20 rings (SSSR count). The van der Waals surface area contributed by atoms with Gasteiger partial charge >= 0.3 is 0 Å². The summed E-state index contributed by atoms with van der Waals surface area (Å²) in [6.45, 7) is 10.8. The first-order valence-corrected chi connectivity index (χ1v) is 38.6. The number of nitro benzene ring substituents is 2. The molecule has 5 N–H and O–H groups in total. The van der Waals surface area contributed by atoms with Crippen LogP contribution in [0.15, 0.2) is 310 Å². The molecular formula is C96H70FN17O9. The predicted molar refractivity (Wildman–Crippen MR) is 480 cm³/mol. The van der Waals surface area contributed by atoms with Crippen LogP contribution in [0.5, 0.6) is 0 Å². The lowest BCUT2D eigenvalue weighted by Gasteiger charge is -2.14. The van der Waals surface area contributed by atoms with E-state index in [-0.39, 0.29) is 45.0 Å². The van der Waals surface area contributed by atoms with Gasteiger partial charge in [0.25, 0.3) is 33.6 Å². The molecule has 0 aliphatic rings. The standard InChI is InChI=1S/C25H18N4O3.C24H19N5O.C24H16N4O4.C23H17FN4O/c1-15-3-8-20(12-23(15)29(31)32)28-24(30)10-7-19-14-27-22-9-6-17(11-21(22)25(19)28)18-5-4-16(2)26-13-18;1-14-2-6-18(11-20(14)25)29-23(30)9-5-17-13-27-21-7-3-15(10-19(21)24(17)29)16-4-8-22(26)28-12-16;1-14-2-6-18(11-21(14)28(31)32)27-23(30)9-5-17-13-25-20-7-3-15(10-19(20)24(17)27)16-4-8-22(29)26-12-16;1-14-9-18(4-6-20(14)24)28-22(29)8-3-16-11-25-21-7-5-17(10-19(21)23(16)28)27-12-15(2)26-13-27/h3-14H,1-2H3;2-13H,25H2,1H3,(H2,26,28);2-13H,1H3,(H,26,29);3-13H,1-2H3. The van der Waals surface area contributed by atoms with Crippen molar-refractivity contribution in [3.63, 3.8) is 0 Å². The molecule has 0 bridgehead atoms. The van der Waals surface area contributed by atoms with E-state index in [9.17, 15) is 48.6 Å². The Bertz CT molecular complexity index is 8080. The van der Waals surface area contributed by atoms with Crippen LogP contribution in [-0.4, -0.2) is 72.6 Å². The van der Waals surface area contributed by atoms with Crippen molar-refractivity contribution in [2.75, 3.05) is 11.5 Å². The van der Waals surface area contributed by atoms with Crippen molar-refractivity contribution in [1.29, 1.82) is 0 Å². The number of pyridine rings is 11. The molecule has 0 spiro atoms. The first kappa shape index (κ1) is 78.5. The Morgan fingerprint density at radius 2 is 0.732 bits per heavy atom. The molecule has 12 aromatic heterocycles. The summed E-state index contributed by atoms with van der Waals surface area (Å²) in [5.74, 6) is 0.170. The van der Waals surface area contributed by atoms with Gasteiger partial charge in [-0.15, -0.1) is 0 Å². The van der Waals surface area contributed by atoms with E-state index in [4.69, 9.17) is 11.5 Å². The third kappa shape index (κ3) is 15.3. The number of rotatable bonds is 10. The maximum Gasteiger partial charge on any atom is 0.274 e. The van der Waals surface area contributed by atoms with Crippen LogP contribution in [-0.2, 0) is 0 Å². The lowest BCUT2D eigenvalue weighted by molar-refractivity contribution is -0.385. The number of aromatic amines is 1. The molecule has 0 aliphatic carbocycles. The number of nitrogens with zero attached hydrogens (tertiary/aromatic N) is 14. The third-order valence-corrected chi connectivity index (χ3v) is 21.6. The summed E-state index contributed by atoms with van der Waals surface area (Å²) < 4.78 is 22.1. The van der Waals surface area contributed by atoms with Gasteiger partial charge in [-0.3, -0.25) is 87.4 Å². The second-order valence-electron chi connectivity index (χ2n) is 29.6. The molecule has 0 saturated carbocycles. The van der Waals surface area contributed by atoms with Gasteiger partial charge in [-0.05, 0) is 221 Å². The normalized spacial score (nSPS) is 11.2. The number of nitrogens with two attached hydrogens (primary N) is 2. The zero-order valence-corrected chi connectivity index (χ0v) is 66.6. The van der Waals surface area contributed by atoms with E-state index in [0.717, 1.165) is 127 Å². The van der Waals surface area contributed by atoms with Crippen LogP contribution >= 0.6 is 0 Å². The summed E-state index contributed by atoms with van der Waals surface area (Å²) in [7, 11) is 0. The molecule has 0 radical (unpaired) electrons. The van der Waals surface area contributed by atoms with Crippen LogP contribution in [0.3, 0.4) is 0 Å². The average Bonchev–Trinajstić information content (AvgIpc) is 0.845. The van der Waals surface area contributed by atoms with E-state index in [1.54, 1.807) is 152 Å². The highest BCUT2D eigenvalue weighted by Crippen LogP contribution is 2.36. The summed E-state index contributed by atoms with van der Waals surface area (Å²) in [6.07, 6.45) is 15.8. The predicted octanol–water partition coefficient (Wildman–Crippen LogP) is 17.8. The topological polar surface area (TPSA) is 354 Å². The Hall–Kier alpha value is -17.0. The summed E-state index contributed by atoms with van der Waals surface area (Å²) in [5, 5.41) is 29.4. The van der Waals surface area contributed by atoms with Crippen molar-refractivity contribution in [2.45, 2.75) is 41.5 Å². The quantitative estimate of drug-likeness (QED) is 0.0495. The van der Waals surface area contributed by atoms with E-state index in [0.29, 0.717) is 67.2 Å². The summed E-state index contributed by atoms with van der Waals surface area (Å²) in [4.78, 5) is 119. The van der Waals surface area contributed by atoms with Gasteiger partial charge in [0.05, 0.1) is 83.1 Å². The molecule has 0 unspecified atom stereocenters. The van der Waals surface area contributed by atoms with Gasteiger partial charge in [0.2, 0.25) is 5.56 Å². The van der Waals surface area contributed by atoms with E-state index < -0.39 is 9.85 Å². The third-order valence-electron chi connectivity index (χ3n) is 21.6. The number of aromatic nitrogens is 13. The second-order valence-corrected chi connectivity index (χ2v) is 29.6. The van der Waals surface area contributed by atoms with E-state index in [1.165, 1.54) is 51.6 Å². The number of nitrogens with one attached hydrogen (secondary N) is 1. The van der Waals surface area contributed by atoms with Gasteiger partial charge in [-0.25, -0.2) is 14.4 Å². The number of nitrogen functional groups attached to an aromatic ring is 2. The molecule has 8 aromatic carbocycles. The highest BCUT2D eigenvalue weighted by atomic mass is 19.1. The molecule has 123 heavy (non-hydrogen) atoms. The van der Waals surface area contributed by atoms with Gasteiger partial charge < -0.3 is 21.0 Å². The van der Waals surface area contributed by atoms with Gasteiger partial charge in [0.1, 0.15) is 11.6 Å². The first-order chi connectivity index (χ1) is 59.4. The summed E-state index contributed by atoms with van der Waals surface area (Å²) in [5.41, 5.74) is 30.0. The van der Waals surface area contributed by atoms with Gasteiger partial charge in [0, 0.05) is 180 Å². The fraction of sp³-hybridized carbons (Fsp3) is 0.0625. The Morgan fingerprint density at radius 1 is 0.341 bits per heavy atom. The van der Waals surface area contributed by atoms with Gasteiger partial charge in [0.15, 0.2) is 0 Å². The largest absolute Gasteiger partial charge is 0.398 e. The molecule has 0 amide bonds. The molecule has 600 valence electrons. The van der Waals surface area contributed by atoms with Crippen LogP contribution in [0.25, 0.3) is 149 Å². The molecule has 0 fully saturated rings. The van der Waals surface area contributed by atoms with E-state index >= 15 is 0 Å². The van der Waals surface area contributed by atoms with Crippen molar-refractivity contribution < 1.29 is 14.2 Å². The summed E-state index contributed by atoms with van der Waals surface area (Å²) >= 11 is 0. The molecule has 26 nitrogen and oxygen atoms in total. The fourth-order valence-corrected chi connectivity index (χ4v) is 15.1. The second kappa shape index (κ2) is 32.1. The first-order valence-electron chi connectivity index (χ1n) is 38.6. The molecule has 0 atom stereocenters. The van der Waals surface area contributed by atoms with Gasteiger partial charge in [-0.1, -0.05) is 42.5 Å². The minimum Gasteiger partial charge on any atom is -0.398 e. The van der Waals surface area contributed by atoms with Crippen LogP contribution in [0.1, 0.15) is 33.6 Å². The lowest BCUT2D eigenvalue weighted by atomic mass is 10.0. The number of H-pyrrole nitrogens is 1. The van der Waals surface area contributed by atoms with Crippen molar-refractivity contribution in [2.24, 2.45) is 0 Å². The molecule has 0 saturated heterocycles. The zero-order valence-electron chi connectivity index (χ0n) is 66.6. The Balaban J connectivity index is 0.000000116. The Morgan fingerprint density at radius 3 is 1.13 bits per heavy atom. The van der Waals surface area contributed by atoms with E-state index in [1.807, 2.05) is 147 Å². The minimum absolute atomic E-state index is 0.0313. The molecule has 27 heteroatoms. The molecule has 0 aliphatic heterocycles. The average molecular weight is 1620 g/mol. The molecular weight excluding hydrogens is 1550 g/mol. The SMILES string of the molecule is Cc1ccc(-c2ccc3ncc4ccc(=O)n(-c5ccc(C)c([N+](=O)[O-])c5)c4c3c2)cn1.Cc1ccc(-n2c(=O)ccc3cnc4ccc(-c5ccc(=O)[nH]c5)cc4c32)cc1[N+](=O)[O-].Cc1ccc(-n2c(=O)ccc3cnc4ccc(-c5ccc(N)nc5)cc4c32)cc1N.Cc1cn(-c2ccc3ncc4ccc(=O)n(-c5ccc(F)c(C)c5)c4c3c2)cn1. The highest BCUT2D eigenvalue weighted by molar-refractivity contribution is 6.09. The number of benzene rings is 8. The lowest BCUT2D eigenvalue weighted by Crippen LogP contribution is -2.18. The molecule has 20 aromatic rings. The minimum atomic E-state index is -0.455. The van der Waals surface area contributed by atoms with Crippen molar-refractivity contribution in [3.05, 3.63) is 398 Å². The maximum atomic E-state index is 13.8. The van der Waals surface area contributed by atoms with Crippen LogP contribution in [0.4, 0.5) is 27.3 Å². The van der Waals surface area contributed by atoms with Gasteiger partial charge in [-0.2, -0.15) is 0 Å². The maximum absolute atomic E-state index is 13.8. The number of fused-ring (bicyclic) bond motifs is 12. The van der Waals surface area contributed by atoms with Crippen molar-refractivity contribution >= 4 is 110 Å². The number of imidazole rings is 1. The highest BCUT2D eigenvalue weighted by Gasteiger charge is 2.22. The van der Waals surface area contributed by atoms with Crippen molar-refractivity contribution in [3.8, 4) is 61.8 Å². The number of nitro groups is 2. The smallest absolute Gasteiger partial charge is 0.274 e. The number of hydrogen-bond donors (Lipinski definition) is 3. The van der Waals surface area contributed by atoms with Crippen LogP contribution < -0.4 is 39.3 Å².